The van der Waals surface area contributed by atoms with Gasteiger partial charge in [0.2, 0.25) is 10.0 Å². The first-order chi connectivity index (χ1) is 14.1. The van der Waals surface area contributed by atoms with Gasteiger partial charge in [-0.1, -0.05) is 24.6 Å². The highest BCUT2D eigenvalue weighted by Crippen LogP contribution is 2.24. The molecule has 0 amide bonds. The number of guanidine groups is 1. The summed E-state index contributed by atoms with van der Waals surface area (Å²) in [5, 5.41) is 3.35. The van der Waals surface area contributed by atoms with Gasteiger partial charge in [-0.15, -0.1) is 0 Å². The molecule has 29 heavy (non-hydrogen) atoms. The van der Waals surface area contributed by atoms with Gasteiger partial charge in [-0.3, -0.25) is 0 Å². The number of hydrogen-bond donors (Lipinski definition) is 1. The van der Waals surface area contributed by atoms with Crippen LogP contribution in [0.1, 0.15) is 38.2 Å². The zero-order chi connectivity index (χ0) is 20.7. The molecule has 0 saturated carbocycles. The summed E-state index contributed by atoms with van der Waals surface area (Å²) in [5.74, 6) is 1.35. The molecule has 1 aromatic rings. The topological polar surface area (TPSA) is 74.2 Å². The van der Waals surface area contributed by atoms with Crippen LogP contribution >= 0.6 is 0 Å². The third kappa shape index (κ3) is 5.49. The van der Waals surface area contributed by atoms with Crippen LogP contribution in [0.5, 0.6) is 0 Å². The molecule has 162 valence electrons. The van der Waals surface area contributed by atoms with Gasteiger partial charge in [0.15, 0.2) is 5.96 Å². The van der Waals surface area contributed by atoms with Gasteiger partial charge in [0.1, 0.15) is 0 Å². The van der Waals surface area contributed by atoms with Crippen LogP contribution in [0.4, 0.5) is 0 Å². The highest BCUT2D eigenvalue weighted by molar-refractivity contribution is 7.89. The minimum Gasteiger partial charge on any atom is -0.384 e. The lowest BCUT2D eigenvalue weighted by molar-refractivity contribution is 0.157. The summed E-state index contributed by atoms with van der Waals surface area (Å²) >= 11 is 0. The Kier molecular flexibility index (Phi) is 7.91. The first-order valence-corrected chi connectivity index (χ1v) is 12.1. The summed E-state index contributed by atoms with van der Waals surface area (Å²) in [6, 6.07) is 7.27. The molecular weight excluding hydrogens is 388 g/mol. The van der Waals surface area contributed by atoms with Crippen LogP contribution in [0.25, 0.3) is 0 Å². The number of nitrogens with zero attached hydrogens (tertiary/aromatic N) is 3. The van der Waals surface area contributed by atoms with E-state index in [1.165, 1.54) is 0 Å². The molecule has 2 fully saturated rings. The van der Waals surface area contributed by atoms with Crippen LogP contribution < -0.4 is 5.32 Å². The molecule has 2 aliphatic heterocycles. The number of piperidine rings is 1. The first-order valence-electron chi connectivity index (χ1n) is 10.7. The van der Waals surface area contributed by atoms with Crippen molar-refractivity contribution < 1.29 is 13.2 Å². The van der Waals surface area contributed by atoms with Crippen molar-refractivity contribution in [1.82, 2.24) is 14.5 Å². The van der Waals surface area contributed by atoms with E-state index >= 15 is 0 Å². The molecule has 0 aliphatic carbocycles. The highest BCUT2D eigenvalue weighted by Gasteiger charge is 2.28. The van der Waals surface area contributed by atoms with Crippen LogP contribution in [-0.4, -0.2) is 70.0 Å². The number of aliphatic imine (C=N–C) groups is 1. The minimum atomic E-state index is -3.47. The molecule has 3 rings (SSSR count). The van der Waals surface area contributed by atoms with Crippen molar-refractivity contribution in [3.05, 3.63) is 29.8 Å². The lowest BCUT2D eigenvalue weighted by atomic mass is 10.1. The molecule has 0 spiro atoms. The van der Waals surface area contributed by atoms with E-state index in [0.717, 1.165) is 63.4 Å². The number of rotatable bonds is 7. The molecule has 0 radical (unpaired) electrons. The number of methoxy groups -OCH3 is 1. The third-order valence-electron chi connectivity index (χ3n) is 5.63. The Morgan fingerprint density at radius 2 is 1.97 bits per heavy atom. The van der Waals surface area contributed by atoms with Crippen LogP contribution in [0, 0.1) is 5.92 Å². The smallest absolute Gasteiger partial charge is 0.243 e. The fourth-order valence-electron chi connectivity index (χ4n) is 4.11. The highest BCUT2D eigenvalue weighted by atomic mass is 32.2. The van der Waals surface area contributed by atoms with Crippen molar-refractivity contribution in [2.75, 3.05) is 46.4 Å². The minimum absolute atomic E-state index is 0.344. The molecule has 1 atom stereocenters. The van der Waals surface area contributed by atoms with E-state index in [1.807, 2.05) is 19.1 Å². The van der Waals surface area contributed by atoms with Crippen LogP contribution in [0.3, 0.4) is 0 Å². The molecule has 0 bridgehead atoms. The fourth-order valence-corrected chi connectivity index (χ4v) is 5.84. The molecule has 8 heteroatoms. The molecule has 0 aromatic heterocycles. The maximum absolute atomic E-state index is 13.2. The van der Waals surface area contributed by atoms with Gasteiger partial charge in [-0.2, -0.15) is 4.31 Å². The summed E-state index contributed by atoms with van der Waals surface area (Å²) in [6.07, 6.45) is 4.05. The predicted octanol–water partition coefficient (Wildman–Crippen LogP) is 2.30. The van der Waals surface area contributed by atoms with Crippen molar-refractivity contribution in [3.63, 3.8) is 0 Å². The van der Waals surface area contributed by atoms with Crippen molar-refractivity contribution in [1.29, 1.82) is 0 Å². The van der Waals surface area contributed by atoms with E-state index in [4.69, 9.17) is 9.73 Å². The summed E-state index contributed by atoms with van der Waals surface area (Å²) in [7, 11) is -1.74. The fraction of sp³-hybridized carbons (Fsp3) is 0.667. The van der Waals surface area contributed by atoms with Gasteiger partial charge in [0.25, 0.3) is 0 Å². The lowest BCUT2D eigenvalue weighted by Gasteiger charge is -2.27. The van der Waals surface area contributed by atoms with Gasteiger partial charge in [0, 0.05) is 45.8 Å². The molecular formula is C21H34N4O3S. The average Bonchev–Trinajstić information content (AvgIpc) is 3.21. The second-order valence-electron chi connectivity index (χ2n) is 7.80. The largest absolute Gasteiger partial charge is 0.384 e. The van der Waals surface area contributed by atoms with Crippen molar-refractivity contribution in [3.8, 4) is 0 Å². The van der Waals surface area contributed by atoms with Crippen molar-refractivity contribution in [2.45, 2.75) is 44.0 Å². The Morgan fingerprint density at radius 1 is 1.21 bits per heavy atom. The summed E-state index contributed by atoms with van der Waals surface area (Å²) in [6.45, 7) is 6.99. The van der Waals surface area contributed by atoms with E-state index in [-0.39, 0.29) is 0 Å². The van der Waals surface area contributed by atoms with Crippen LogP contribution in [0.2, 0.25) is 0 Å². The molecule has 2 heterocycles. The van der Waals surface area contributed by atoms with Crippen LogP contribution in [0.15, 0.2) is 34.2 Å². The molecule has 2 aliphatic rings. The Bertz CT molecular complexity index is 791. The number of sulfonamides is 1. The zero-order valence-electron chi connectivity index (χ0n) is 17.6. The maximum atomic E-state index is 13.2. The van der Waals surface area contributed by atoms with E-state index < -0.39 is 10.0 Å². The molecule has 1 unspecified atom stereocenters. The van der Waals surface area contributed by atoms with Gasteiger partial charge >= 0.3 is 0 Å². The van der Waals surface area contributed by atoms with E-state index in [0.29, 0.717) is 30.4 Å². The number of nitrogens with one attached hydrogen (secondary N) is 1. The summed E-state index contributed by atoms with van der Waals surface area (Å²) < 4.78 is 33.3. The second-order valence-corrected chi connectivity index (χ2v) is 9.71. The molecule has 7 nitrogen and oxygen atoms in total. The number of likely N-dealkylation sites (tertiary alicyclic amines) is 1. The third-order valence-corrected chi connectivity index (χ3v) is 7.63. The van der Waals surface area contributed by atoms with Crippen molar-refractivity contribution >= 4 is 16.0 Å². The number of benzene rings is 1. The Hall–Kier alpha value is -1.64. The SMILES string of the molecule is CCNC(=NCc1ccccc1S(=O)(=O)N1CCCCC1)N1CCC(COC)C1. The predicted molar refractivity (Wildman–Crippen MR) is 115 cm³/mol. The Morgan fingerprint density at radius 3 is 2.69 bits per heavy atom. The van der Waals surface area contributed by atoms with Crippen LogP contribution in [-0.2, 0) is 21.3 Å². The Balaban J connectivity index is 1.78. The van der Waals surface area contributed by atoms with Gasteiger partial charge < -0.3 is 15.0 Å². The molecule has 1 aromatic carbocycles. The van der Waals surface area contributed by atoms with E-state index in [2.05, 4.69) is 10.2 Å². The standard InChI is InChI=1S/C21H34N4O3S/c1-3-22-21(24-14-11-18(16-24)17-28-2)23-15-19-9-5-6-10-20(19)29(26,27)25-12-7-4-8-13-25/h5-6,9-10,18H,3-4,7-8,11-17H2,1-2H3,(H,22,23). The zero-order valence-corrected chi connectivity index (χ0v) is 18.5. The summed E-state index contributed by atoms with van der Waals surface area (Å²) in [5.41, 5.74) is 0.751. The first kappa shape index (κ1) is 22.1. The monoisotopic (exact) mass is 422 g/mol. The van der Waals surface area contributed by atoms with Gasteiger partial charge in [0.05, 0.1) is 18.0 Å². The lowest BCUT2D eigenvalue weighted by Crippen LogP contribution is -2.40. The van der Waals surface area contributed by atoms with Gasteiger partial charge in [-0.25, -0.2) is 13.4 Å². The quantitative estimate of drug-likeness (QED) is 0.539. The molecule has 2 saturated heterocycles. The molecule has 1 N–H and O–H groups in total. The normalized spacial score (nSPS) is 21.5. The Labute approximate surface area is 175 Å². The number of ether oxygens (including phenoxy) is 1. The second kappa shape index (κ2) is 10.4. The van der Waals surface area contributed by atoms with Crippen molar-refractivity contribution in [2.24, 2.45) is 10.9 Å². The number of hydrogen-bond acceptors (Lipinski definition) is 4. The maximum Gasteiger partial charge on any atom is 0.243 e. The average molecular weight is 423 g/mol. The van der Waals surface area contributed by atoms with E-state index in [1.54, 1.807) is 23.5 Å². The summed E-state index contributed by atoms with van der Waals surface area (Å²) in [4.78, 5) is 7.42. The van der Waals surface area contributed by atoms with Gasteiger partial charge in [-0.05, 0) is 37.8 Å². The van der Waals surface area contributed by atoms with E-state index in [9.17, 15) is 8.42 Å².